The minimum atomic E-state index is -3.65. The third-order valence-electron chi connectivity index (χ3n) is 4.03. The second-order valence-electron chi connectivity index (χ2n) is 5.95. The van der Waals surface area contributed by atoms with E-state index in [9.17, 15) is 8.42 Å². The van der Waals surface area contributed by atoms with Gasteiger partial charge in [0.05, 0.1) is 17.2 Å². The van der Waals surface area contributed by atoms with E-state index in [-0.39, 0.29) is 17.5 Å². The molecule has 0 saturated carbocycles. The first-order valence-corrected chi connectivity index (χ1v) is 9.55. The van der Waals surface area contributed by atoms with Crippen LogP contribution < -0.4 is 14.8 Å². The molecule has 0 aromatic heterocycles. The molecule has 1 heterocycles. The Balaban J connectivity index is 1.93. The van der Waals surface area contributed by atoms with E-state index in [1.165, 1.54) is 4.31 Å². The summed E-state index contributed by atoms with van der Waals surface area (Å²) in [6.45, 7) is 2.92. The van der Waals surface area contributed by atoms with E-state index in [2.05, 4.69) is 0 Å². The average Bonchev–Trinajstić information content (AvgIpc) is 2.59. The van der Waals surface area contributed by atoms with Crippen molar-refractivity contribution < 1.29 is 13.2 Å². The first-order valence-electron chi connectivity index (χ1n) is 8.11. The van der Waals surface area contributed by atoms with Crippen LogP contribution in [0.1, 0.15) is 18.9 Å². The third kappa shape index (κ3) is 3.25. The Labute approximate surface area is 143 Å². The van der Waals surface area contributed by atoms with Crippen LogP contribution in [0.4, 0.5) is 5.69 Å². The molecular formula is C18H22N2O3S. The number of hydrogen-bond donors (Lipinski definition) is 1. The summed E-state index contributed by atoms with van der Waals surface area (Å²) in [7, 11) is -3.65. The molecule has 0 saturated heterocycles. The SMILES string of the molecule is CCCOc1ccc(S(=O)(=O)N2CC(N)Cc3ccccc32)cc1. The topological polar surface area (TPSA) is 72.6 Å². The fourth-order valence-electron chi connectivity index (χ4n) is 2.87. The van der Waals surface area contributed by atoms with Crippen molar-refractivity contribution in [1.82, 2.24) is 0 Å². The van der Waals surface area contributed by atoms with Gasteiger partial charge in [0.25, 0.3) is 10.0 Å². The Morgan fingerprint density at radius 1 is 1.17 bits per heavy atom. The summed E-state index contributed by atoms with van der Waals surface area (Å²) in [5.41, 5.74) is 7.74. The highest BCUT2D eigenvalue weighted by Crippen LogP contribution is 2.31. The molecule has 0 bridgehead atoms. The van der Waals surface area contributed by atoms with Crippen LogP contribution in [0.2, 0.25) is 0 Å². The number of rotatable bonds is 5. The molecule has 1 aliphatic heterocycles. The zero-order chi connectivity index (χ0) is 17.2. The predicted molar refractivity (Wildman–Crippen MR) is 94.9 cm³/mol. The number of anilines is 1. The Hall–Kier alpha value is -2.05. The van der Waals surface area contributed by atoms with Crippen LogP contribution >= 0.6 is 0 Å². The summed E-state index contributed by atoms with van der Waals surface area (Å²) in [6.07, 6.45) is 1.59. The van der Waals surface area contributed by atoms with Crippen molar-refractivity contribution in [2.24, 2.45) is 5.73 Å². The molecule has 6 heteroatoms. The molecule has 0 fully saturated rings. The third-order valence-corrected chi connectivity index (χ3v) is 5.82. The second kappa shape index (κ2) is 6.83. The first-order chi connectivity index (χ1) is 11.5. The number of para-hydroxylation sites is 1. The highest BCUT2D eigenvalue weighted by atomic mass is 32.2. The minimum absolute atomic E-state index is 0.207. The molecule has 1 atom stereocenters. The second-order valence-corrected chi connectivity index (χ2v) is 7.81. The van der Waals surface area contributed by atoms with Gasteiger partial charge < -0.3 is 10.5 Å². The quantitative estimate of drug-likeness (QED) is 0.903. The van der Waals surface area contributed by atoms with E-state index in [0.29, 0.717) is 24.5 Å². The molecule has 128 valence electrons. The van der Waals surface area contributed by atoms with Crippen molar-refractivity contribution in [2.75, 3.05) is 17.5 Å². The van der Waals surface area contributed by atoms with Gasteiger partial charge in [-0.3, -0.25) is 4.31 Å². The van der Waals surface area contributed by atoms with Crippen LogP contribution in [0.5, 0.6) is 5.75 Å². The zero-order valence-electron chi connectivity index (χ0n) is 13.7. The smallest absolute Gasteiger partial charge is 0.264 e. The van der Waals surface area contributed by atoms with E-state index in [4.69, 9.17) is 10.5 Å². The summed E-state index contributed by atoms with van der Waals surface area (Å²) in [4.78, 5) is 0.246. The lowest BCUT2D eigenvalue weighted by molar-refractivity contribution is 0.317. The first kappa shape index (κ1) is 16.8. The summed E-state index contributed by atoms with van der Waals surface area (Å²) in [5.74, 6) is 0.673. The standard InChI is InChI=1S/C18H22N2O3S/c1-2-11-23-16-7-9-17(10-8-16)24(21,22)20-13-15(19)12-14-5-3-4-6-18(14)20/h3-10,15H,2,11-13,19H2,1H3. The average molecular weight is 346 g/mol. The van der Waals surface area contributed by atoms with Crippen LogP contribution in [0.25, 0.3) is 0 Å². The maximum atomic E-state index is 13.1. The maximum Gasteiger partial charge on any atom is 0.264 e. The molecule has 1 unspecified atom stereocenters. The van der Waals surface area contributed by atoms with Gasteiger partial charge in [0, 0.05) is 12.6 Å². The minimum Gasteiger partial charge on any atom is -0.494 e. The molecular weight excluding hydrogens is 324 g/mol. The van der Waals surface area contributed by atoms with Crippen LogP contribution in [0.15, 0.2) is 53.4 Å². The normalized spacial score (nSPS) is 17.4. The molecule has 2 N–H and O–H groups in total. The number of nitrogens with zero attached hydrogens (tertiary/aromatic N) is 1. The van der Waals surface area contributed by atoms with E-state index >= 15 is 0 Å². The molecule has 0 aliphatic carbocycles. The number of hydrogen-bond acceptors (Lipinski definition) is 4. The maximum absolute atomic E-state index is 13.1. The van der Waals surface area contributed by atoms with Crippen molar-refractivity contribution >= 4 is 15.7 Å². The van der Waals surface area contributed by atoms with Gasteiger partial charge in [-0.05, 0) is 48.7 Å². The number of ether oxygens (including phenoxy) is 1. The van der Waals surface area contributed by atoms with E-state index < -0.39 is 10.0 Å². The van der Waals surface area contributed by atoms with Crippen LogP contribution in [0.3, 0.4) is 0 Å². The highest BCUT2D eigenvalue weighted by molar-refractivity contribution is 7.92. The van der Waals surface area contributed by atoms with E-state index in [1.54, 1.807) is 24.3 Å². The van der Waals surface area contributed by atoms with Gasteiger partial charge in [0.15, 0.2) is 0 Å². The Bertz CT molecular complexity index is 803. The number of nitrogens with two attached hydrogens (primary N) is 1. The van der Waals surface area contributed by atoms with Crippen LogP contribution in [-0.4, -0.2) is 27.6 Å². The van der Waals surface area contributed by atoms with Crippen molar-refractivity contribution in [2.45, 2.75) is 30.7 Å². The van der Waals surface area contributed by atoms with Crippen LogP contribution in [-0.2, 0) is 16.4 Å². The predicted octanol–water partition coefficient (Wildman–Crippen LogP) is 2.55. The van der Waals surface area contributed by atoms with E-state index in [1.807, 2.05) is 31.2 Å². The summed E-state index contributed by atoms with van der Waals surface area (Å²) < 4.78 is 33.0. The van der Waals surface area contributed by atoms with Gasteiger partial charge in [0.2, 0.25) is 0 Å². The number of benzene rings is 2. The lowest BCUT2D eigenvalue weighted by Gasteiger charge is -2.33. The number of sulfonamides is 1. The lowest BCUT2D eigenvalue weighted by atomic mass is 10.0. The van der Waals surface area contributed by atoms with Gasteiger partial charge in [-0.1, -0.05) is 25.1 Å². The summed E-state index contributed by atoms with van der Waals surface area (Å²) in [5, 5.41) is 0. The molecule has 24 heavy (non-hydrogen) atoms. The van der Waals surface area contributed by atoms with Crippen molar-refractivity contribution in [3.8, 4) is 5.75 Å². The molecule has 1 aliphatic rings. The zero-order valence-corrected chi connectivity index (χ0v) is 14.5. The van der Waals surface area contributed by atoms with Gasteiger partial charge >= 0.3 is 0 Å². The Morgan fingerprint density at radius 3 is 2.58 bits per heavy atom. The molecule has 3 rings (SSSR count). The molecule has 0 amide bonds. The van der Waals surface area contributed by atoms with Gasteiger partial charge in [0.1, 0.15) is 5.75 Å². The molecule has 0 spiro atoms. The molecule has 5 nitrogen and oxygen atoms in total. The summed E-state index contributed by atoms with van der Waals surface area (Å²) >= 11 is 0. The van der Waals surface area contributed by atoms with Crippen molar-refractivity contribution in [3.63, 3.8) is 0 Å². The van der Waals surface area contributed by atoms with Crippen molar-refractivity contribution in [1.29, 1.82) is 0 Å². The molecule has 2 aromatic carbocycles. The van der Waals surface area contributed by atoms with Crippen molar-refractivity contribution in [3.05, 3.63) is 54.1 Å². The van der Waals surface area contributed by atoms with Gasteiger partial charge in [-0.2, -0.15) is 0 Å². The Kier molecular flexibility index (Phi) is 4.78. The number of fused-ring (bicyclic) bond motifs is 1. The van der Waals surface area contributed by atoms with Gasteiger partial charge in [-0.15, -0.1) is 0 Å². The Morgan fingerprint density at radius 2 is 1.88 bits per heavy atom. The van der Waals surface area contributed by atoms with Crippen LogP contribution in [0, 0.1) is 0 Å². The molecule has 0 radical (unpaired) electrons. The summed E-state index contributed by atoms with van der Waals surface area (Å²) in [6, 6.07) is 13.9. The largest absolute Gasteiger partial charge is 0.494 e. The lowest BCUT2D eigenvalue weighted by Crippen LogP contribution is -2.46. The fraction of sp³-hybridized carbons (Fsp3) is 0.333. The van der Waals surface area contributed by atoms with Gasteiger partial charge in [-0.25, -0.2) is 8.42 Å². The fourth-order valence-corrected chi connectivity index (χ4v) is 4.43. The highest BCUT2D eigenvalue weighted by Gasteiger charge is 2.31. The molecule has 2 aromatic rings. The monoisotopic (exact) mass is 346 g/mol. The van der Waals surface area contributed by atoms with E-state index in [0.717, 1.165) is 12.0 Å².